The summed E-state index contributed by atoms with van der Waals surface area (Å²) in [5, 5.41) is 0. The molecule has 1 aliphatic heterocycles. The number of methoxy groups -OCH3 is 1. The first-order valence-corrected chi connectivity index (χ1v) is 8.35. The average Bonchev–Trinajstić information content (AvgIpc) is 2.63. The lowest BCUT2D eigenvalue weighted by Crippen LogP contribution is -2.47. The van der Waals surface area contributed by atoms with Gasteiger partial charge in [0.15, 0.2) is 0 Å². The van der Waals surface area contributed by atoms with E-state index in [4.69, 9.17) is 9.73 Å². The Hall–Kier alpha value is -2.17. The summed E-state index contributed by atoms with van der Waals surface area (Å²) in [7, 11) is 1.74. The summed E-state index contributed by atoms with van der Waals surface area (Å²) in [6.07, 6.45) is 0. The molecule has 0 unspecified atom stereocenters. The fourth-order valence-electron chi connectivity index (χ4n) is 2.86. The number of amidine groups is 1. The lowest BCUT2D eigenvalue weighted by atomic mass is 10.1. The maximum atomic E-state index is 5.22. The van der Waals surface area contributed by atoms with Crippen LogP contribution in [0.2, 0.25) is 0 Å². The van der Waals surface area contributed by atoms with Crippen molar-refractivity contribution in [3.63, 3.8) is 0 Å². The minimum absolute atomic E-state index is 0.703. The maximum Gasteiger partial charge on any atom is 0.137 e. The summed E-state index contributed by atoms with van der Waals surface area (Å²) in [5.74, 6) is 1.03. The minimum Gasteiger partial charge on any atom is -0.383 e. The van der Waals surface area contributed by atoms with Crippen LogP contribution in [0.15, 0.2) is 53.5 Å². The van der Waals surface area contributed by atoms with Gasteiger partial charge in [-0.3, -0.25) is 9.89 Å². The maximum absolute atomic E-state index is 5.22. The van der Waals surface area contributed by atoms with Crippen molar-refractivity contribution in [1.29, 1.82) is 0 Å². The molecule has 0 fully saturated rings. The number of nitrogens with zero attached hydrogens (tertiary/aromatic N) is 3. The molecule has 2 aromatic carbocycles. The van der Waals surface area contributed by atoms with Gasteiger partial charge in [-0.15, -0.1) is 0 Å². The summed E-state index contributed by atoms with van der Waals surface area (Å²) in [6, 6.07) is 17.0. The highest BCUT2D eigenvalue weighted by atomic mass is 16.5. The first kappa shape index (κ1) is 16.7. The van der Waals surface area contributed by atoms with E-state index in [9.17, 15) is 0 Å². The Morgan fingerprint density at radius 3 is 2.54 bits per heavy atom. The minimum atomic E-state index is 0.703. The number of hydrogen-bond donors (Lipinski definition) is 0. The Morgan fingerprint density at radius 2 is 1.83 bits per heavy atom. The van der Waals surface area contributed by atoms with E-state index in [1.54, 1.807) is 7.11 Å². The van der Waals surface area contributed by atoms with Gasteiger partial charge in [0.05, 0.1) is 19.9 Å². The summed E-state index contributed by atoms with van der Waals surface area (Å²) in [4.78, 5) is 9.45. The molecule has 0 amide bonds. The number of ether oxygens (including phenoxy) is 1. The van der Waals surface area contributed by atoms with Crippen molar-refractivity contribution in [3.05, 3.63) is 65.2 Å². The zero-order valence-corrected chi connectivity index (χ0v) is 14.7. The fraction of sp³-hybridized carbons (Fsp3) is 0.350. The molecule has 4 nitrogen and oxygen atoms in total. The number of rotatable bonds is 5. The van der Waals surface area contributed by atoms with E-state index in [1.807, 2.05) is 6.07 Å². The Bertz CT molecular complexity index is 712. The lowest BCUT2D eigenvalue weighted by Gasteiger charge is -2.36. The van der Waals surface area contributed by atoms with Crippen molar-refractivity contribution < 1.29 is 4.74 Å². The second-order valence-electron chi connectivity index (χ2n) is 6.21. The van der Waals surface area contributed by atoms with Crippen LogP contribution in [0.25, 0.3) is 0 Å². The van der Waals surface area contributed by atoms with Gasteiger partial charge in [0.2, 0.25) is 0 Å². The van der Waals surface area contributed by atoms with Gasteiger partial charge < -0.3 is 9.64 Å². The molecule has 126 valence electrons. The number of anilines is 1. The predicted octanol–water partition coefficient (Wildman–Crippen LogP) is 3.43. The van der Waals surface area contributed by atoms with E-state index < -0.39 is 0 Å². The molecule has 0 bridgehead atoms. The molecular formula is C20H25N3O. The average molecular weight is 323 g/mol. The van der Waals surface area contributed by atoms with Gasteiger partial charge in [-0.2, -0.15) is 0 Å². The predicted molar refractivity (Wildman–Crippen MR) is 99.7 cm³/mol. The highest BCUT2D eigenvalue weighted by Crippen LogP contribution is 2.23. The smallest absolute Gasteiger partial charge is 0.137 e. The number of aliphatic imine (C=N–C) groups is 1. The Balaban J connectivity index is 1.94. The van der Waals surface area contributed by atoms with Crippen LogP contribution in [-0.2, 0) is 4.74 Å². The highest BCUT2D eigenvalue weighted by Gasteiger charge is 2.23. The number of aryl methyl sites for hydroxylation is 2. The van der Waals surface area contributed by atoms with Crippen LogP contribution in [-0.4, -0.2) is 44.3 Å². The molecule has 0 saturated heterocycles. The van der Waals surface area contributed by atoms with Gasteiger partial charge >= 0.3 is 0 Å². The van der Waals surface area contributed by atoms with E-state index in [0.29, 0.717) is 6.67 Å². The SMILES string of the molecule is COCCN1CN=C(c2ccccc2)N(c2ccc(C)c(C)c2)C1. The van der Waals surface area contributed by atoms with E-state index in [1.165, 1.54) is 16.8 Å². The largest absolute Gasteiger partial charge is 0.383 e. The number of hydrogen-bond acceptors (Lipinski definition) is 4. The first-order chi connectivity index (χ1) is 11.7. The van der Waals surface area contributed by atoms with Crippen LogP contribution in [0.5, 0.6) is 0 Å². The van der Waals surface area contributed by atoms with Gasteiger partial charge in [0.25, 0.3) is 0 Å². The third-order valence-corrected chi connectivity index (χ3v) is 4.46. The van der Waals surface area contributed by atoms with Gasteiger partial charge in [0.1, 0.15) is 5.84 Å². The Morgan fingerprint density at radius 1 is 1.04 bits per heavy atom. The van der Waals surface area contributed by atoms with E-state index in [2.05, 4.69) is 66.1 Å². The van der Waals surface area contributed by atoms with Crippen LogP contribution < -0.4 is 4.90 Å². The summed E-state index contributed by atoms with van der Waals surface area (Å²) >= 11 is 0. The normalized spacial score (nSPS) is 15.5. The third-order valence-electron chi connectivity index (χ3n) is 4.46. The monoisotopic (exact) mass is 323 g/mol. The third kappa shape index (κ3) is 3.66. The van der Waals surface area contributed by atoms with Crippen molar-refractivity contribution in [2.75, 3.05) is 38.5 Å². The second kappa shape index (κ2) is 7.60. The van der Waals surface area contributed by atoms with Crippen LogP contribution >= 0.6 is 0 Å². The van der Waals surface area contributed by atoms with Gasteiger partial charge in [0, 0.05) is 24.9 Å². The Kier molecular flexibility index (Phi) is 5.28. The van der Waals surface area contributed by atoms with Crippen molar-refractivity contribution in [1.82, 2.24) is 4.90 Å². The fourth-order valence-corrected chi connectivity index (χ4v) is 2.86. The zero-order valence-electron chi connectivity index (χ0n) is 14.7. The molecule has 0 N–H and O–H groups in total. The molecule has 0 spiro atoms. The van der Waals surface area contributed by atoms with Crippen LogP contribution in [0, 0.1) is 13.8 Å². The van der Waals surface area contributed by atoms with Crippen molar-refractivity contribution in [2.24, 2.45) is 4.99 Å². The van der Waals surface area contributed by atoms with Crippen LogP contribution in [0.3, 0.4) is 0 Å². The molecular weight excluding hydrogens is 298 g/mol. The topological polar surface area (TPSA) is 28.1 Å². The first-order valence-electron chi connectivity index (χ1n) is 8.35. The quantitative estimate of drug-likeness (QED) is 0.844. The van der Waals surface area contributed by atoms with E-state index in [0.717, 1.165) is 31.2 Å². The van der Waals surface area contributed by atoms with Gasteiger partial charge in [-0.1, -0.05) is 36.4 Å². The molecule has 0 aromatic heterocycles. The van der Waals surface area contributed by atoms with Crippen LogP contribution in [0.1, 0.15) is 16.7 Å². The number of benzene rings is 2. The molecule has 0 saturated carbocycles. The summed E-state index contributed by atoms with van der Waals surface area (Å²) in [6.45, 7) is 7.42. The standard InChI is InChI=1S/C20H25N3O/c1-16-9-10-19(13-17(16)2)23-15-22(11-12-24-3)14-21-20(23)18-7-5-4-6-8-18/h4-10,13H,11-12,14-15H2,1-3H3. The summed E-state index contributed by atoms with van der Waals surface area (Å²) in [5.41, 5.74) is 4.95. The van der Waals surface area contributed by atoms with E-state index in [-0.39, 0.29) is 0 Å². The van der Waals surface area contributed by atoms with Gasteiger partial charge in [-0.25, -0.2) is 0 Å². The Labute approximate surface area is 144 Å². The molecule has 4 heteroatoms. The molecule has 0 atom stereocenters. The second-order valence-corrected chi connectivity index (χ2v) is 6.21. The molecule has 24 heavy (non-hydrogen) atoms. The highest BCUT2D eigenvalue weighted by molar-refractivity contribution is 6.10. The molecule has 0 aliphatic carbocycles. The van der Waals surface area contributed by atoms with Crippen molar-refractivity contribution in [2.45, 2.75) is 13.8 Å². The zero-order chi connectivity index (χ0) is 16.9. The van der Waals surface area contributed by atoms with Gasteiger partial charge in [-0.05, 0) is 37.1 Å². The lowest BCUT2D eigenvalue weighted by molar-refractivity contribution is 0.149. The molecule has 1 heterocycles. The molecule has 3 rings (SSSR count). The summed E-state index contributed by atoms with van der Waals surface area (Å²) < 4.78 is 5.22. The molecule has 1 aliphatic rings. The van der Waals surface area contributed by atoms with Crippen molar-refractivity contribution >= 4 is 11.5 Å². The molecule has 2 aromatic rings. The van der Waals surface area contributed by atoms with Crippen LogP contribution in [0.4, 0.5) is 5.69 Å². The molecule has 0 radical (unpaired) electrons. The van der Waals surface area contributed by atoms with E-state index >= 15 is 0 Å². The van der Waals surface area contributed by atoms with Crippen molar-refractivity contribution in [3.8, 4) is 0 Å².